The quantitative estimate of drug-likeness (QED) is 0.463. The van der Waals surface area contributed by atoms with Crippen LogP contribution in [0.5, 0.6) is 11.5 Å². The maximum atomic E-state index is 11.0. The van der Waals surface area contributed by atoms with Gasteiger partial charge >= 0.3 is 0 Å². The molecule has 0 bridgehead atoms. The first-order chi connectivity index (χ1) is 15.9. The molecule has 0 aliphatic heterocycles. The Morgan fingerprint density at radius 1 is 1.21 bits per heavy atom. The van der Waals surface area contributed by atoms with Crippen LogP contribution >= 0.6 is 0 Å². The number of rotatable bonds is 5. The van der Waals surface area contributed by atoms with Crippen molar-refractivity contribution in [3.8, 4) is 11.5 Å². The van der Waals surface area contributed by atoms with Crippen LogP contribution in [0.2, 0.25) is 0 Å². The van der Waals surface area contributed by atoms with E-state index in [9.17, 15) is 15.2 Å². The third-order valence-electron chi connectivity index (χ3n) is 8.29. The second-order valence-electron chi connectivity index (χ2n) is 9.87. The van der Waals surface area contributed by atoms with Gasteiger partial charge in [0.15, 0.2) is 11.5 Å². The van der Waals surface area contributed by atoms with E-state index in [1.54, 1.807) is 13.2 Å². The van der Waals surface area contributed by atoms with Crippen molar-refractivity contribution in [1.29, 1.82) is 0 Å². The fourth-order valence-corrected chi connectivity index (χ4v) is 6.63. The number of ether oxygens (including phenoxy) is 1. The van der Waals surface area contributed by atoms with Gasteiger partial charge in [-0.3, -0.25) is 10.1 Å². The van der Waals surface area contributed by atoms with Crippen molar-refractivity contribution in [2.75, 3.05) is 7.11 Å². The number of phenols is 1. The number of hydrogen-bond donors (Lipinski definition) is 1. The number of aryl methyl sites for hydroxylation is 1. The van der Waals surface area contributed by atoms with Crippen molar-refractivity contribution in [2.45, 2.75) is 58.0 Å². The summed E-state index contributed by atoms with van der Waals surface area (Å²) in [6.07, 6.45) is 6.30. The minimum atomic E-state index is -0.393. The smallest absolute Gasteiger partial charge is 0.269 e. The van der Waals surface area contributed by atoms with E-state index in [0.29, 0.717) is 23.5 Å². The molecule has 3 aliphatic carbocycles. The van der Waals surface area contributed by atoms with Crippen LogP contribution in [0.4, 0.5) is 5.69 Å². The van der Waals surface area contributed by atoms with Gasteiger partial charge in [-0.1, -0.05) is 24.2 Å². The molecular weight excluding hydrogens is 420 g/mol. The lowest BCUT2D eigenvalue weighted by Gasteiger charge is -2.49. The van der Waals surface area contributed by atoms with E-state index in [1.807, 2.05) is 12.1 Å². The van der Waals surface area contributed by atoms with E-state index in [0.717, 1.165) is 49.8 Å². The number of nitro groups is 1. The van der Waals surface area contributed by atoms with Crippen LogP contribution in [0.25, 0.3) is 0 Å². The highest BCUT2D eigenvalue weighted by molar-refractivity contribution is 5.92. The van der Waals surface area contributed by atoms with Crippen LogP contribution in [0.15, 0.2) is 41.6 Å². The molecule has 7 nitrogen and oxygen atoms in total. The average molecular weight is 451 g/mol. The zero-order chi connectivity index (χ0) is 23.2. The zero-order valence-electron chi connectivity index (χ0n) is 19.1. The number of oxime groups is 1. The minimum Gasteiger partial charge on any atom is -0.504 e. The predicted octanol–water partition coefficient (Wildman–Crippen LogP) is 5.74. The maximum Gasteiger partial charge on any atom is 0.269 e. The topological polar surface area (TPSA) is 94.2 Å². The van der Waals surface area contributed by atoms with Crippen LogP contribution < -0.4 is 4.74 Å². The highest BCUT2D eigenvalue weighted by Crippen LogP contribution is 2.60. The third kappa shape index (κ3) is 3.73. The number of fused-ring (bicyclic) bond motifs is 5. The number of aromatic hydroxyl groups is 1. The Bertz CT molecular complexity index is 1110. The molecule has 5 rings (SSSR count). The molecule has 0 aromatic heterocycles. The number of nitro benzene ring substituents is 1. The van der Waals surface area contributed by atoms with Crippen LogP contribution in [0, 0.1) is 27.4 Å². The van der Waals surface area contributed by atoms with E-state index in [-0.39, 0.29) is 23.5 Å². The average Bonchev–Trinajstić information content (AvgIpc) is 3.15. The van der Waals surface area contributed by atoms with Gasteiger partial charge in [0.25, 0.3) is 5.69 Å². The summed E-state index contributed by atoms with van der Waals surface area (Å²) in [6, 6.07) is 10.5. The third-order valence-corrected chi connectivity index (χ3v) is 8.29. The Hall–Kier alpha value is -3.09. The number of phenolic OH excluding ortho intramolecular Hbond substituents is 1. The summed E-state index contributed by atoms with van der Waals surface area (Å²) in [5, 5.41) is 25.8. The lowest BCUT2D eigenvalue weighted by Crippen LogP contribution is -2.42. The van der Waals surface area contributed by atoms with Gasteiger partial charge < -0.3 is 14.7 Å². The molecule has 3 aliphatic rings. The summed E-state index contributed by atoms with van der Waals surface area (Å²) in [7, 11) is 1.60. The van der Waals surface area contributed by atoms with E-state index >= 15 is 0 Å². The first kappa shape index (κ1) is 21.7. The van der Waals surface area contributed by atoms with Crippen molar-refractivity contribution in [2.24, 2.45) is 22.4 Å². The lowest BCUT2D eigenvalue weighted by atomic mass is 9.55. The Balaban J connectivity index is 1.32. The number of benzene rings is 2. The van der Waals surface area contributed by atoms with Gasteiger partial charge in [-0.2, -0.15) is 0 Å². The Kier molecular flexibility index (Phi) is 5.51. The largest absolute Gasteiger partial charge is 0.504 e. The predicted molar refractivity (Wildman–Crippen MR) is 125 cm³/mol. The first-order valence-corrected chi connectivity index (χ1v) is 11.7. The molecule has 33 heavy (non-hydrogen) atoms. The maximum absolute atomic E-state index is 11.0. The van der Waals surface area contributed by atoms with Gasteiger partial charge in [0, 0.05) is 17.5 Å². The molecule has 0 heterocycles. The molecular formula is C26H30N2O5. The van der Waals surface area contributed by atoms with Crippen molar-refractivity contribution in [3.63, 3.8) is 0 Å². The molecule has 1 N–H and O–H groups in total. The van der Waals surface area contributed by atoms with Gasteiger partial charge in [0.1, 0.15) is 6.61 Å². The SMILES string of the molecule is COc1cc2c(cc1O)CC[C@@H]1[C@@H]2CC[C@]2(C)/C(=N\OCc3cccc([N+](=O)[O-])c3)CC[C@@H]12. The molecule has 0 unspecified atom stereocenters. The van der Waals surface area contributed by atoms with Gasteiger partial charge in [-0.05, 0) is 85.1 Å². The summed E-state index contributed by atoms with van der Waals surface area (Å²) in [4.78, 5) is 16.3. The second kappa shape index (κ2) is 8.36. The summed E-state index contributed by atoms with van der Waals surface area (Å²) >= 11 is 0. The molecule has 0 saturated heterocycles. The van der Waals surface area contributed by atoms with Crippen molar-refractivity contribution in [3.05, 3.63) is 63.2 Å². The van der Waals surface area contributed by atoms with Gasteiger partial charge in [0.05, 0.1) is 17.7 Å². The summed E-state index contributed by atoms with van der Waals surface area (Å²) in [5.74, 6) is 2.43. The molecule has 0 spiro atoms. The van der Waals surface area contributed by atoms with E-state index in [2.05, 4.69) is 18.1 Å². The Labute approximate surface area is 193 Å². The fourth-order valence-electron chi connectivity index (χ4n) is 6.63. The fraction of sp³-hybridized carbons (Fsp3) is 0.500. The van der Waals surface area contributed by atoms with Gasteiger partial charge in [0.2, 0.25) is 0 Å². The van der Waals surface area contributed by atoms with E-state index < -0.39 is 4.92 Å². The van der Waals surface area contributed by atoms with Crippen LogP contribution in [-0.4, -0.2) is 22.9 Å². The zero-order valence-corrected chi connectivity index (χ0v) is 19.1. The van der Waals surface area contributed by atoms with E-state index in [4.69, 9.17) is 9.57 Å². The molecule has 0 radical (unpaired) electrons. The highest BCUT2D eigenvalue weighted by atomic mass is 16.6. The van der Waals surface area contributed by atoms with Gasteiger partial charge in [-0.15, -0.1) is 0 Å². The molecule has 7 heteroatoms. The highest BCUT2D eigenvalue weighted by Gasteiger charge is 2.53. The normalized spacial score (nSPS) is 29.2. The second-order valence-corrected chi connectivity index (χ2v) is 9.87. The first-order valence-electron chi connectivity index (χ1n) is 11.7. The summed E-state index contributed by atoms with van der Waals surface area (Å²) in [5.41, 5.74) is 4.57. The molecule has 2 saturated carbocycles. The lowest BCUT2D eigenvalue weighted by molar-refractivity contribution is -0.384. The summed E-state index contributed by atoms with van der Waals surface area (Å²) in [6.45, 7) is 2.57. The summed E-state index contributed by atoms with van der Waals surface area (Å²) < 4.78 is 5.39. The Morgan fingerprint density at radius 3 is 2.85 bits per heavy atom. The van der Waals surface area contributed by atoms with Crippen LogP contribution in [0.3, 0.4) is 0 Å². The van der Waals surface area contributed by atoms with E-state index in [1.165, 1.54) is 23.3 Å². The van der Waals surface area contributed by atoms with Crippen LogP contribution in [-0.2, 0) is 17.9 Å². The minimum absolute atomic E-state index is 0.0301. The number of non-ortho nitro benzene ring substituents is 1. The van der Waals surface area contributed by atoms with Crippen LogP contribution in [0.1, 0.15) is 61.6 Å². The molecule has 2 aromatic carbocycles. The Morgan fingerprint density at radius 2 is 2.06 bits per heavy atom. The molecule has 2 aromatic rings. The molecule has 4 atom stereocenters. The molecule has 174 valence electrons. The van der Waals surface area contributed by atoms with Crippen molar-refractivity contribution < 1.29 is 19.6 Å². The molecule has 0 amide bonds. The van der Waals surface area contributed by atoms with Gasteiger partial charge in [-0.25, -0.2) is 0 Å². The number of nitrogens with zero attached hydrogens (tertiary/aromatic N) is 2. The standard InChI is InChI=1S/C26H30N2O5/c1-26-11-10-19-20(7-6-17-13-23(29)24(32-2)14-21(17)19)22(26)8-9-25(26)27-33-15-16-4-3-5-18(12-16)28(30)31/h3-5,12-14,19-20,22,29H,6-11,15H2,1-2H3/b27-25-/t19-,20+,22-,26-/m0/s1. The van der Waals surface area contributed by atoms with Crippen molar-refractivity contribution >= 4 is 11.4 Å². The van der Waals surface area contributed by atoms with Crippen molar-refractivity contribution in [1.82, 2.24) is 0 Å². The monoisotopic (exact) mass is 450 g/mol. The number of hydrogen-bond acceptors (Lipinski definition) is 6. The molecule has 2 fully saturated rings. The number of methoxy groups -OCH3 is 1.